The molecule has 5 heteroatoms. The number of benzene rings is 1. The van der Waals surface area contributed by atoms with Gasteiger partial charge in [0, 0.05) is 37.7 Å². The number of hydrogen-bond acceptors (Lipinski definition) is 4. The number of ether oxygens (including phenoxy) is 2. The van der Waals surface area contributed by atoms with E-state index >= 15 is 0 Å². The van der Waals surface area contributed by atoms with E-state index in [-0.39, 0.29) is 23.5 Å². The first-order chi connectivity index (χ1) is 13.8. The number of carbonyl (C=O) groups is 1. The van der Waals surface area contributed by atoms with Crippen molar-refractivity contribution in [3.8, 4) is 0 Å². The van der Waals surface area contributed by atoms with E-state index in [0.29, 0.717) is 31.6 Å². The molecule has 0 unspecified atom stereocenters. The van der Waals surface area contributed by atoms with Gasteiger partial charge in [-0.1, -0.05) is 44.6 Å². The summed E-state index contributed by atoms with van der Waals surface area (Å²) in [6.07, 6.45) is 2.97. The van der Waals surface area contributed by atoms with E-state index in [4.69, 9.17) is 9.47 Å². The van der Waals surface area contributed by atoms with Crippen molar-refractivity contribution >= 4 is 11.8 Å². The smallest absolute Gasteiger partial charge is 0.407 e. The summed E-state index contributed by atoms with van der Waals surface area (Å²) in [6, 6.07) is 8.66. The average Bonchev–Trinajstić information content (AvgIpc) is 2.70. The zero-order chi connectivity index (χ0) is 21.2. The van der Waals surface area contributed by atoms with Gasteiger partial charge in [0.2, 0.25) is 0 Å². The molecule has 0 radical (unpaired) electrons. The molecule has 1 aliphatic carbocycles. The van der Waals surface area contributed by atoms with Gasteiger partial charge >= 0.3 is 6.09 Å². The Hall–Kier alpha value is -2.01. The fourth-order valence-corrected chi connectivity index (χ4v) is 5.00. The zero-order valence-electron chi connectivity index (χ0n) is 18.7. The van der Waals surface area contributed by atoms with Crippen molar-refractivity contribution in [2.45, 2.75) is 40.2 Å². The van der Waals surface area contributed by atoms with Gasteiger partial charge in [-0.3, -0.25) is 0 Å². The van der Waals surface area contributed by atoms with Gasteiger partial charge in [0.15, 0.2) is 0 Å². The first kappa shape index (κ1) is 21.7. The highest BCUT2D eigenvalue weighted by molar-refractivity contribution is 5.67. The number of amides is 1. The summed E-state index contributed by atoms with van der Waals surface area (Å²) in [5.74, 6) is 0.936. The van der Waals surface area contributed by atoms with Crippen molar-refractivity contribution < 1.29 is 14.3 Å². The molecule has 1 amide bonds. The molecule has 3 rings (SSSR count). The Balaban J connectivity index is 1.81. The Bertz CT molecular complexity index is 743. The van der Waals surface area contributed by atoms with Crippen LogP contribution in [0.3, 0.4) is 0 Å². The summed E-state index contributed by atoms with van der Waals surface area (Å²) >= 11 is 0. The minimum atomic E-state index is -0.329. The SMILES string of the molecule is CCCNC(=O)OC[C@]12CO[C@H](c3ccc(N(C)C)cc3)[C@@H](C(C)=C[C@@H]1C)[C@H]2C. The quantitative estimate of drug-likeness (QED) is 0.697. The number of rotatable bonds is 6. The fourth-order valence-electron chi connectivity index (χ4n) is 5.00. The van der Waals surface area contributed by atoms with Gasteiger partial charge in [0.05, 0.1) is 12.7 Å². The number of alkyl carbamates (subject to hydrolysis) is 1. The van der Waals surface area contributed by atoms with E-state index in [0.717, 1.165) is 6.42 Å². The second kappa shape index (κ2) is 8.78. The monoisotopic (exact) mass is 400 g/mol. The Morgan fingerprint density at radius 2 is 1.97 bits per heavy atom. The highest BCUT2D eigenvalue weighted by Gasteiger charge is 2.54. The summed E-state index contributed by atoms with van der Waals surface area (Å²) in [5, 5.41) is 2.81. The Morgan fingerprint density at radius 1 is 1.28 bits per heavy atom. The molecule has 5 nitrogen and oxygen atoms in total. The van der Waals surface area contributed by atoms with Gasteiger partial charge in [0.1, 0.15) is 6.61 Å². The van der Waals surface area contributed by atoms with E-state index < -0.39 is 0 Å². The van der Waals surface area contributed by atoms with Gasteiger partial charge < -0.3 is 19.7 Å². The van der Waals surface area contributed by atoms with Crippen LogP contribution in [-0.2, 0) is 9.47 Å². The van der Waals surface area contributed by atoms with Crippen molar-refractivity contribution in [3.05, 3.63) is 41.5 Å². The van der Waals surface area contributed by atoms with Crippen LogP contribution in [0.2, 0.25) is 0 Å². The van der Waals surface area contributed by atoms with E-state index in [2.05, 4.69) is 75.4 Å². The molecule has 1 fully saturated rings. The van der Waals surface area contributed by atoms with Crippen LogP contribution in [0, 0.1) is 23.2 Å². The second-order valence-electron chi connectivity index (χ2n) is 8.97. The topological polar surface area (TPSA) is 50.8 Å². The molecule has 2 bridgehead atoms. The lowest BCUT2D eigenvalue weighted by molar-refractivity contribution is -0.165. The van der Waals surface area contributed by atoms with E-state index in [1.807, 2.05) is 6.92 Å². The molecule has 1 N–H and O–H groups in total. The number of fused-ring (bicyclic) bond motifs is 2. The molecule has 29 heavy (non-hydrogen) atoms. The maximum absolute atomic E-state index is 12.1. The number of anilines is 1. The summed E-state index contributed by atoms with van der Waals surface area (Å²) < 4.78 is 12.1. The van der Waals surface area contributed by atoms with E-state index in [9.17, 15) is 4.79 Å². The molecular weight excluding hydrogens is 364 g/mol. The highest BCUT2D eigenvalue weighted by atomic mass is 16.6. The predicted molar refractivity (Wildman–Crippen MR) is 117 cm³/mol. The summed E-state index contributed by atoms with van der Waals surface area (Å²) in [7, 11) is 4.10. The third-order valence-electron chi connectivity index (χ3n) is 6.98. The molecule has 0 saturated carbocycles. The average molecular weight is 401 g/mol. The van der Waals surface area contributed by atoms with Crippen molar-refractivity contribution in [2.75, 3.05) is 38.8 Å². The van der Waals surface area contributed by atoms with Crippen LogP contribution < -0.4 is 10.2 Å². The summed E-state index contributed by atoms with van der Waals surface area (Å²) in [4.78, 5) is 14.2. The van der Waals surface area contributed by atoms with Crippen LogP contribution in [0.1, 0.15) is 45.8 Å². The maximum atomic E-state index is 12.1. The number of hydrogen-bond donors (Lipinski definition) is 1. The molecule has 1 aromatic carbocycles. The largest absolute Gasteiger partial charge is 0.449 e. The van der Waals surface area contributed by atoms with Crippen molar-refractivity contribution in [2.24, 2.45) is 23.2 Å². The molecule has 2 aliphatic rings. The normalized spacial score (nSPS) is 31.0. The Morgan fingerprint density at radius 3 is 2.59 bits per heavy atom. The van der Waals surface area contributed by atoms with Crippen LogP contribution in [-0.4, -0.2) is 39.9 Å². The van der Waals surface area contributed by atoms with Crippen molar-refractivity contribution in [3.63, 3.8) is 0 Å². The maximum Gasteiger partial charge on any atom is 0.407 e. The van der Waals surface area contributed by atoms with Gasteiger partial charge in [-0.2, -0.15) is 0 Å². The molecule has 0 spiro atoms. The van der Waals surface area contributed by atoms with Gasteiger partial charge in [-0.05, 0) is 42.9 Å². The first-order valence-corrected chi connectivity index (χ1v) is 10.8. The summed E-state index contributed by atoms with van der Waals surface area (Å²) in [5.41, 5.74) is 3.58. The minimum absolute atomic E-state index is 0.0343. The fraction of sp³-hybridized carbons (Fsp3) is 0.625. The molecule has 160 valence electrons. The Labute approximate surface area is 175 Å². The van der Waals surface area contributed by atoms with Crippen LogP contribution in [0.15, 0.2) is 35.9 Å². The standard InChI is InChI=1S/C24H36N2O3/c1-7-12-25-23(27)29-15-24-14-28-22(19-8-10-20(11-9-19)26(5)6)21(18(24)4)16(2)13-17(24)3/h8-11,13,17-18,21-22H,7,12,14-15H2,1-6H3,(H,25,27)/t17-,18+,21-,22+,24+/m0/s1. The third-order valence-corrected chi connectivity index (χ3v) is 6.98. The first-order valence-electron chi connectivity index (χ1n) is 10.8. The van der Waals surface area contributed by atoms with Crippen molar-refractivity contribution in [1.82, 2.24) is 5.32 Å². The van der Waals surface area contributed by atoms with E-state index in [1.54, 1.807) is 0 Å². The molecule has 5 atom stereocenters. The van der Waals surface area contributed by atoms with Crippen LogP contribution in [0.4, 0.5) is 10.5 Å². The van der Waals surface area contributed by atoms with Crippen LogP contribution in [0.25, 0.3) is 0 Å². The summed E-state index contributed by atoms with van der Waals surface area (Å²) in [6.45, 7) is 10.4. The molecule has 1 saturated heterocycles. The number of nitrogens with zero attached hydrogens (tertiary/aromatic N) is 1. The number of allylic oxidation sites excluding steroid dienone is 1. The van der Waals surface area contributed by atoms with Gasteiger partial charge in [-0.15, -0.1) is 0 Å². The molecule has 1 aromatic rings. The minimum Gasteiger partial charge on any atom is -0.449 e. The molecular formula is C24H36N2O3. The predicted octanol–water partition coefficient (Wildman–Crippen LogP) is 4.79. The third kappa shape index (κ3) is 4.16. The number of nitrogens with one attached hydrogen (secondary N) is 1. The highest BCUT2D eigenvalue weighted by Crippen LogP contribution is 2.56. The number of carbonyl (C=O) groups excluding carboxylic acids is 1. The molecule has 0 aromatic heterocycles. The second-order valence-corrected chi connectivity index (χ2v) is 8.97. The lowest BCUT2D eigenvalue weighted by atomic mass is 9.56. The lowest BCUT2D eigenvalue weighted by Crippen LogP contribution is -2.54. The lowest BCUT2D eigenvalue weighted by Gasteiger charge is -2.55. The van der Waals surface area contributed by atoms with Crippen molar-refractivity contribution in [1.29, 1.82) is 0 Å². The van der Waals surface area contributed by atoms with Gasteiger partial charge in [0.25, 0.3) is 0 Å². The molecule has 1 aliphatic heterocycles. The van der Waals surface area contributed by atoms with Crippen LogP contribution in [0.5, 0.6) is 0 Å². The van der Waals surface area contributed by atoms with Gasteiger partial charge in [-0.25, -0.2) is 4.79 Å². The zero-order valence-corrected chi connectivity index (χ0v) is 18.7. The molecule has 1 heterocycles. The Kier molecular flexibility index (Phi) is 6.57. The van der Waals surface area contributed by atoms with E-state index in [1.165, 1.54) is 16.8 Å². The van der Waals surface area contributed by atoms with Crippen LogP contribution >= 0.6 is 0 Å².